The fourth-order valence-corrected chi connectivity index (χ4v) is 6.92. The third kappa shape index (κ3) is 5.26. The highest BCUT2D eigenvalue weighted by Crippen LogP contribution is 2.46. The number of benzene rings is 8. The molecule has 0 heterocycles. The van der Waals surface area contributed by atoms with Gasteiger partial charge >= 0.3 is 0 Å². The fourth-order valence-electron chi connectivity index (χ4n) is 6.92. The van der Waals surface area contributed by atoms with E-state index < -0.39 is 0 Å². The molecule has 48 heavy (non-hydrogen) atoms. The van der Waals surface area contributed by atoms with Gasteiger partial charge in [0.05, 0.1) is 11.4 Å². The average Bonchev–Trinajstić information content (AvgIpc) is 3.11. The molecule has 0 atom stereocenters. The van der Waals surface area contributed by atoms with Gasteiger partial charge in [0, 0.05) is 33.5 Å². The van der Waals surface area contributed by atoms with Gasteiger partial charge in [-0.05, 0) is 110 Å². The Hall–Kier alpha value is -5.86. The SMILES string of the molecule is Cc1ccc(N(c2ccc(C)cc2)c2cc3c4cccc(N(c5ccc(C)cc5)c5ccc(C)cc5)c4ccc3c3ccccc23)cc1. The van der Waals surface area contributed by atoms with Crippen molar-refractivity contribution in [1.82, 2.24) is 0 Å². The normalized spacial score (nSPS) is 11.3. The zero-order chi connectivity index (χ0) is 32.8. The molecule has 0 saturated heterocycles. The lowest BCUT2D eigenvalue weighted by Crippen LogP contribution is -2.11. The molecule has 232 valence electrons. The molecule has 8 rings (SSSR count). The van der Waals surface area contributed by atoms with Gasteiger partial charge in [-0.25, -0.2) is 0 Å². The summed E-state index contributed by atoms with van der Waals surface area (Å²) < 4.78 is 0. The van der Waals surface area contributed by atoms with Crippen molar-refractivity contribution >= 4 is 66.4 Å². The van der Waals surface area contributed by atoms with Crippen molar-refractivity contribution in [1.29, 1.82) is 0 Å². The van der Waals surface area contributed by atoms with Gasteiger partial charge in [0.1, 0.15) is 0 Å². The van der Waals surface area contributed by atoms with Gasteiger partial charge in [-0.1, -0.05) is 119 Å². The van der Waals surface area contributed by atoms with Crippen molar-refractivity contribution in [2.24, 2.45) is 0 Å². The van der Waals surface area contributed by atoms with E-state index in [2.05, 4.69) is 195 Å². The zero-order valence-electron chi connectivity index (χ0n) is 27.9. The average molecular weight is 619 g/mol. The molecule has 0 spiro atoms. The van der Waals surface area contributed by atoms with Crippen molar-refractivity contribution in [3.8, 4) is 0 Å². The van der Waals surface area contributed by atoms with E-state index in [1.807, 2.05) is 0 Å². The first-order chi connectivity index (χ1) is 23.4. The van der Waals surface area contributed by atoms with E-state index in [1.54, 1.807) is 0 Å². The first kappa shape index (κ1) is 29.5. The number of anilines is 6. The quantitative estimate of drug-likeness (QED) is 0.171. The predicted octanol–water partition coefficient (Wildman–Crippen LogP) is 13.3. The third-order valence-corrected chi connectivity index (χ3v) is 9.50. The molecule has 2 heteroatoms. The molecule has 8 aromatic rings. The summed E-state index contributed by atoms with van der Waals surface area (Å²) in [4.78, 5) is 4.80. The summed E-state index contributed by atoms with van der Waals surface area (Å²) >= 11 is 0. The number of hydrogen-bond acceptors (Lipinski definition) is 2. The molecule has 2 nitrogen and oxygen atoms in total. The van der Waals surface area contributed by atoms with Gasteiger partial charge in [-0.2, -0.15) is 0 Å². The molecule has 0 fully saturated rings. The highest BCUT2D eigenvalue weighted by Gasteiger charge is 2.20. The molecule has 0 aliphatic carbocycles. The van der Waals surface area contributed by atoms with Crippen LogP contribution in [0.3, 0.4) is 0 Å². The molecular formula is C46H38N2. The molecular weight excluding hydrogens is 581 g/mol. The van der Waals surface area contributed by atoms with Crippen LogP contribution in [0.5, 0.6) is 0 Å². The molecule has 0 saturated carbocycles. The van der Waals surface area contributed by atoms with E-state index in [1.165, 1.54) is 54.6 Å². The van der Waals surface area contributed by atoms with Crippen LogP contribution in [0.4, 0.5) is 34.1 Å². The number of rotatable bonds is 6. The van der Waals surface area contributed by atoms with Crippen LogP contribution in [-0.2, 0) is 0 Å². The second kappa shape index (κ2) is 12.1. The molecule has 0 bridgehead atoms. The van der Waals surface area contributed by atoms with E-state index >= 15 is 0 Å². The monoisotopic (exact) mass is 618 g/mol. The summed E-state index contributed by atoms with van der Waals surface area (Å²) in [5.74, 6) is 0. The first-order valence-corrected chi connectivity index (χ1v) is 16.7. The number of hydrogen-bond donors (Lipinski definition) is 0. The van der Waals surface area contributed by atoms with Crippen molar-refractivity contribution in [3.63, 3.8) is 0 Å². The Labute approximate surface area is 283 Å². The maximum Gasteiger partial charge on any atom is 0.0546 e. The Morgan fingerprint density at radius 3 is 1.08 bits per heavy atom. The Kier molecular flexibility index (Phi) is 7.42. The maximum atomic E-state index is 2.41. The maximum absolute atomic E-state index is 2.41. The second-order valence-corrected chi connectivity index (χ2v) is 13.0. The van der Waals surface area contributed by atoms with Crippen LogP contribution in [-0.4, -0.2) is 0 Å². The summed E-state index contributed by atoms with van der Waals surface area (Å²) in [6.45, 7) is 8.57. The predicted molar refractivity (Wildman–Crippen MR) is 207 cm³/mol. The molecule has 0 radical (unpaired) electrons. The zero-order valence-corrected chi connectivity index (χ0v) is 27.9. The van der Waals surface area contributed by atoms with Gasteiger partial charge in [0.15, 0.2) is 0 Å². The lowest BCUT2D eigenvalue weighted by atomic mass is 9.94. The van der Waals surface area contributed by atoms with Gasteiger partial charge < -0.3 is 9.80 Å². The minimum absolute atomic E-state index is 1.14. The van der Waals surface area contributed by atoms with E-state index in [4.69, 9.17) is 0 Å². The van der Waals surface area contributed by atoms with Crippen LogP contribution >= 0.6 is 0 Å². The van der Waals surface area contributed by atoms with E-state index in [9.17, 15) is 0 Å². The summed E-state index contributed by atoms with van der Waals surface area (Å²) in [6, 6.07) is 58.0. The van der Waals surface area contributed by atoms with Gasteiger partial charge in [-0.3, -0.25) is 0 Å². The van der Waals surface area contributed by atoms with Crippen LogP contribution in [0.25, 0.3) is 32.3 Å². The number of nitrogens with zero attached hydrogens (tertiary/aromatic N) is 2. The Morgan fingerprint density at radius 2 is 0.604 bits per heavy atom. The largest absolute Gasteiger partial charge is 0.310 e. The summed E-state index contributed by atoms with van der Waals surface area (Å²) in [5, 5.41) is 7.40. The molecule has 0 amide bonds. The van der Waals surface area contributed by atoms with Gasteiger partial charge in [0.2, 0.25) is 0 Å². The topological polar surface area (TPSA) is 6.48 Å². The smallest absolute Gasteiger partial charge is 0.0546 e. The second-order valence-electron chi connectivity index (χ2n) is 13.0. The number of aryl methyl sites for hydroxylation is 4. The molecule has 0 aliphatic heterocycles. The van der Waals surface area contributed by atoms with Crippen molar-refractivity contribution < 1.29 is 0 Å². The molecule has 8 aromatic carbocycles. The van der Waals surface area contributed by atoms with Crippen molar-refractivity contribution in [2.75, 3.05) is 9.80 Å². The van der Waals surface area contributed by atoms with Gasteiger partial charge in [0.25, 0.3) is 0 Å². The van der Waals surface area contributed by atoms with Crippen molar-refractivity contribution in [2.45, 2.75) is 27.7 Å². The summed E-state index contributed by atoms with van der Waals surface area (Å²) in [6.07, 6.45) is 0. The number of fused-ring (bicyclic) bond motifs is 5. The van der Waals surface area contributed by atoms with Crippen LogP contribution in [0.15, 0.2) is 158 Å². The Morgan fingerprint density at radius 1 is 0.271 bits per heavy atom. The van der Waals surface area contributed by atoms with Crippen LogP contribution in [0.2, 0.25) is 0 Å². The Balaban J connectivity index is 1.42. The standard InChI is InChI=1S/C46H38N2/c1-31-12-20-35(21-13-31)47(36-22-14-32(2)15-23-36)45-11-7-10-40-43(45)29-28-41-39-8-5-6-9-42(39)46(30-44(40)41)48(37-24-16-33(3)17-25-37)38-26-18-34(4)19-27-38/h5-30H,1-4H3. The minimum atomic E-state index is 1.14. The molecule has 0 N–H and O–H groups in total. The van der Waals surface area contributed by atoms with Crippen LogP contribution in [0, 0.1) is 27.7 Å². The third-order valence-electron chi connectivity index (χ3n) is 9.50. The fraction of sp³-hybridized carbons (Fsp3) is 0.0870. The molecule has 0 unspecified atom stereocenters. The minimum Gasteiger partial charge on any atom is -0.310 e. The lowest BCUT2D eigenvalue weighted by Gasteiger charge is -2.29. The van der Waals surface area contributed by atoms with Crippen LogP contribution in [0.1, 0.15) is 22.3 Å². The first-order valence-electron chi connectivity index (χ1n) is 16.7. The lowest BCUT2D eigenvalue weighted by molar-refractivity contribution is 1.28. The van der Waals surface area contributed by atoms with Crippen molar-refractivity contribution in [3.05, 3.63) is 180 Å². The highest BCUT2D eigenvalue weighted by molar-refractivity contribution is 6.23. The van der Waals surface area contributed by atoms with E-state index in [0.29, 0.717) is 0 Å². The summed E-state index contributed by atoms with van der Waals surface area (Å²) in [5.41, 5.74) is 11.9. The Bertz CT molecular complexity index is 2310. The van der Waals surface area contributed by atoms with Gasteiger partial charge in [-0.15, -0.1) is 0 Å². The van der Waals surface area contributed by atoms with E-state index in [0.717, 1.165) is 34.1 Å². The summed E-state index contributed by atoms with van der Waals surface area (Å²) in [7, 11) is 0. The van der Waals surface area contributed by atoms with E-state index in [-0.39, 0.29) is 0 Å². The molecule has 0 aromatic heterocycles. The molecule has 0 aliphatic rings. The van der Waals surface area contributed by atoms with Crippen LogP contribution < -0.4 is 9.80 Å². The highest BCUT2D eigenvalue weighted by atomic mass is 15.1.